The number of aliphatic hydroxyl groups is 2. The van der Waals surface area contributed by atoms with E-state index in [2.05, 4.69) is 0 Å². The van der Waals surface area contributed by atoms with Crippen LogP contribution in [0.25, 0.3) is 0 Å². The van der Waals surface area contributed by atoms with Crippen molar-refractivity contribution in [2.45, 2.75) is 12.6 Å². The van der Waals surface area contributed by atoms with Crippen LogP contribution in [0.2, 0.25) is 0 Å². The Bertz CT molecular complexity index is 378. The van der Waals surface area contributed by atoms with Gasteiger partial charge in [-0.2, -0.15) is 0 Å². The zero-order valence-electron chi connectivity index (χ0n) is 8.26. The molecule has 1 heterocycles. The van der Waals surface area contributed by atoms with Gasteiger partial charge in [-0.05, 0) is 11.6 Å². The molecule has 2 N–H and O–H groups in total. The van der Waals surface area contributed by atoms with E-state index in [9.17, 15) is 9.90 Å². The molecule has 0 fully saturated rings. The second kappa shape index (κ2) is 4.00. The number of amides is 1. The maximum Gasteiger partial charge on any atom is 0.254 e. The van der Waals surface area contributed by atoms with E-state index >= 15 is 0 Å². The summed E-state index contributed by atoms with van der Waals surface area (Å²) in [5.41, 5.74) is 1.68. The van der Waals surface area contributed by atoms with E-state index in [4.69, 9.17) is 5.11 Å². The van der Waals surface area contributed by atoms with Gasteiger partial charge in [0.25, 0.3) is 5.91 Å². The predicted molar refractivity (Wildman–Crippen MR) is 54.3 cm³/mol. The van der Waals surface area contributed by atoms with Crippen LogP contribution in [0.3, 0.4) is 0 Å². The molecule has 0 radical (unpaired) electrons. The number of benzene rings is 1. The van der Waals surface area contributed by atoms with Gasteiger partial charge in [0.2, 0.25) is 0 Å². The fraction of sp³-hybridized carbons (Fsp3) is 0.364. The molecule has 1 aromatic rings. The number of hydrogen-bond acceptors (Lipinski definition) is 3. The van der Waals surface area contributed by atoms with E-state index in [1.165, 1.54) is 0 Å². The topological polar surface area (TPSA) is 60.8 Å². The number of β-amino-alcohol motifs (C(OH)–C–C–N with tert-alkyl or cyclic N) is 1. The van der Waals surface area contributed by atoms with Crippen LogP contribution in [0.1, 0.15) is 15.9 Å². The maximum absolute atomic E-state index is 11.8. The van der Waals surface area contributed by atoms with Gasteiger partial charge in [-0.25, -0.2) is 0 Å². The standard InChI is InChI=1S/C11H13NO3/c13-7-9(14)6-12-5-8-3-1-2-4-10(8)11(12)15/h1-4,9,13-14H,5-7H2. The predicted octanol–water partition coefficient (Wildman–Crippen LogP) is -0.00440. The van der Waals surface area contributed by atoms with Crippen molar-refractivity contribution in [3.05, 3.63) is 35.4 Å². The SMILES string of the molecule is O=C1c2ccccc2CN1CC(O)CO. The van der Waals surface area contributed by atoms with E-state index in [0.717, 1.165) is 5.56 Å². The number of carbonyl (C=O) groups excluding carboxylic acids is 1. The number of rotatable bonds is 3. The Morgan fingerprint density at radius 2 is 2.13 bits per heavy atom. The summed E-state index contributed by atoms with van der Waals surface area (Å²) in [6.45, 7) is 0.385. The molecule has 0 aliphatic carbocycles. The molecule has 0 saturated carbocycles. The highest BCUT2D eigenvalue weighted by Crippen LogP contribution is 2.22. The number of nitrogens with zero attached hydrogens (tertiary/aromatic N) is 1. The first-order valence-electron chi connectivity index (χ1n) is 4.88. The van der Waals surface area contributed by atoms with Crippen molar-refractivity contribution in [2.75, 3.05) is 13.2 Å². The monoisotopic (exact) mass is 207 g/mol. The van der Waals surface area contributed by atoms with E-state index in [-0.39, 0.29) is 19.1 Å². The average Bonchev–Trinajstić information content (AvgIpc) is 2.57. The highest BCUT2D eigenvalue weighted by atomic mass is 16.3. The van der Waals surface area contributed by atoms with Gasteiger partial charge in [-0.3, -0.25) is 4.79 Å². The van der Waals surface area contributed by atoms with Crippen LogP contribution in [0.15, 0.2) is 24.3 Å². The Morgan fingerprint density at radius 1 is 1.40 bits per heavy atom. The van der Waals surface area contributed by atoms with Gasteiger partial charge < -0.3 is 15.1 Å². The molecule has 80 valence electrons. The van der Waals surface area contributed by atoms with E-state index in [0.29, 0.717) is 12.1 Å². The van der Waals surface area contributed by atoms with Crippen LogP contribution in [0.4, 0.5) is 0 Å². The smallest absolute Gasteiger partial charge is 0.254 e. The van der Waals surface area contributed by atoms with Crippen molar-refractivity contribution in [1.82, 2.24) is 4.90 Å². The highest BCUT2D eigenvalue weighted by Gasteiger charge is 2.27. The molecule has 1 unspecified atom stereocenters. The Balaban J connectivity index is 2.13. The summed E-state index contributed by atoms with van der Waals surface area (Å²) >= 11 is 0. The Morgan fingerprint density at radius 3 is 2.80 bits per heavy atom. The molecule has 1 aromatic carbocycles. The van der Waals surface area contributed by atoms with Crippen LogP contribution in [0.5, 0.6) is 0 Å². The summed E-state index contributed by atoms with van der Waals surface area (Å²) < 4.78 is 0. The van der Waals surface area contributed by atoms with Crippen molar-refractivity contribution in [2.24, 2.45) is 0 Å². The van der Waals surface area contributed by atoms with Crippen LogP contribution in [0, 0.1) is 0 Å². The molecule has 1 aliphatic heterocycles. The first kappa shape index (κ1) is 10.1. The van der Waals surface area contributed by atoms with Gasteiger partial charge in [-0.15, -0.1) is 0 Å². The van der Waals surface area contributed by atoms with E-state index < -0.39 is 6.10 Å². The summed E-state index contributed by atoms with van der Waals surface area (Å²) in [6.07, 6.45) is -0.858. The highest BCUT2D eigenvalue weighted by molar-refractivity contribution is 5.98. The minimum atomic E-state index is -0.858. The normalized spacial score (nSPS) is 16.7. The molecule has 4 heteroatoms. The fourth-order valence-electron chi connectivity index (χ4n) is 1.77. The van der Waals surface area contributed by atoms with Crippen molar-refractivity contribution < 1.29 is 15.0 Å². The van der Waals surface area contributed by atoms with Crippen molar-refractivity contribution >= 4 is 5.91 Å². The Hall–Kier alpha value is -1.39. The lowest BCUT2D eigenvalue weighted by Crippen LogP contribution is -2.34. The number of fused-ring (bicyclic) bond motifs is 1. The van der Waals surface area contributed by atoms with Crippen LogP contribution in [-0.4, -0.2) is 40.3 Å². The number of carbonyl (C=O) groups is 1. The number of aliphatic hydroxyl groups excluding tert-OH is 2. The lowest BCUT2D eigenvalue weighted by Gasteiger charge is -2.18. The lowest BCUT2D eigenvalue weighted by molar-refractivity contribution is 0.0475. The van der Waals surface area contributed by atoms with Gasteiger partial charge in [0.15, 0.2) is 0 Å². The van der Waals surface area contributed by atoms with Crippen molar-refractivity contribution in [3.63, 3.8) is 0 Å². The molecule has 0 bridgehead atoms. The summed E-state index contributed by atoms with van der Waals surface area (Å²) in [7, 11) is 0. The molecule has 0 aromatic heterocycles. The molecule has 0 spiro atoms. The molecule has 1 aliphatic rings. The van der Waals surface area contributed by atoms with Crippen molar-refractivity contribution in [3.8, 4) is 0 Å². The second-order valence-corrected chi connectivity index (χ2v) is 3.68. The van der Waals surface area contributed by atoms with Crippen LogP contribution < -0.4 is 0 Å². The fourth-order valence-corrected chi connectivity index (χ4v) is 1.77. The van der Waals surface area contributed by atoms with E-state index in [1.54, 1.807) is 11.0 Å². The average molecular weight is 207 g/mol. The zero-order valence-corrected chi connectivity index (χ0v) is 8.26. The van der Waals surface area contributed by atoms with Crippen LogP contribution >= 0.6 is 0 Å². The molecular formula is C11H13NO3. The Kier molecular flexibility index (Phi) is 2.70. The van der Waals surface area contributed by atoms with Gasteiger partial charge in [0.05, 0.1) is 12.7 Å². The molecule has 2 rings (SSSR count). The zero-order chi connectivity index (χ0) is 10.8. The summed E-state index contributed by atoms with van der Waals surface area (Å²) in [6, 6.07) is 7.39. The maximum atomic E-state index is 11.8. The van der Waals surface area contributed by atoms with Crippen molar-refractivity contribution in [1.29, 1.82) is 0 Å². The summed E-state index contributed by atoms with van der Waals surface area (Å²) in [5, 5.41) is 18.0. The third-order valence-corrected chi connectivity index (χ3v) is 2.54. The van der Waals surface area contributed by atoms with Gasteiger partial charge in [0, 0.05) is 18.7 Å². The summed E-state index contributed by atoms with van der Waals surface area (Å²) in [5.74, 6) is -0.0712. The molecule has 15 heavy (non-hydrogen) atoms. The van der Waals surface area contributed by atoms with Gasteiger partial charge in [-0.1, -0.05) is 18.2 Å². The molecule has 1 amide bonds. The lowest BCUT2D eigenvalue weighted by atomic mass is 10.1. The largest absolute Gasteiger partial charge is 0.394 e. The minimum Gasteiger partial charge on any atom is -0.394 e. The second-order valence-electron chi connectivity index (χ2n) is 3.68. The number of hydrogen-bond donors (Lipinski definition) is 2. The van der Waals surface area contributed by atoms with Gasteiger partial charge in [0.1, 0.15) is 0 Å². The molecule has 0 saturated heterocycles. The van der Waals surface area contributed by atoms with Gasteiger partial charge >= 0.3 is 0 Å². The first-order valence-corrected chi connectivity index (χ1v) is 4.88. The van der Waals surface area contributed by atoms with E-state index in [1.807, 2.05) is 18.2 Å². The molecule has 1 atom stereocenters. The third-order valence-electron chi connectivity index (χ3n) is 2.54. The quantitative estimate of drug-likeness (QED) is 0.733. The first-order chi connectivity index (χ1) is 7.22. The minimum absolute atomic E-state index is 0.0712. The molecule has 4 nitrogen and oxygen atoms in total. The third kappa shape index (κ3) is 1.86. The Labute approximate surface area is 87.8 Å². The summed E-state index contributed by atoms with van der Waals surface area (Å²) in [4.78, 5) is 13.3. The van der Waals surface area contributed by atoms with Crippen LogP contribution in [-0.2, 0) is 6.54 Å². The molecular weight excluding hydrogens is 194 g/mol.